The smallest absolute Gasteiger partial charge is 0.315 e. The van der Waals surface area contributed by atoms with Crippen molar-refractivity contribution in [2.45, 2.75) is 51.6 Å². The Bertz CT molecular complexity index is 641. The second-order valence-electron chi connectivity index (χ2n) is 8.54. The monoisotopic (exact) mass is 344 g/mol. The second kappa shape index (κ2) is 6.60. The Kier molecular flexibility index (Phi) is 4.44. The van der Waals surface area contributed by atoms with Gasteiger partial charge in [-0.3, -0.25) is 4.79 Å². The summed E-state index contributed by atoms with van der Waals surface area (Å²) in [5, 5.41) is 2.26. The zero-order valence-corrected chi connectivity index (χ0v) is 15.2. The van der Waals surface area contributed by atoms with Crippen LogP contribution >= 0.6 is 0 Å². The molecule has 2 heterocycles. The van der Waals surface area contributed by atoms with Crippen molar-refractivity contribution in [1.82, 2.24) is 9.97 Å². The number of H-pyrrole nitrogens is 1. The highest BCUT2D eigenvalue weighted by Crippen LogP contribution is 2.56. The van der Waals surface area contributed by atoms with Crippen LogP contribution in [0.2, 0.25) is 0 Å². The molecule has 1 saturated heterocycles. The van der Waals surface area contributed by atoms with Gasteiger partial charge in [-0.15, -0.1) is 0 Å². The van der Waals surface area contributed by atoms with Crippen LogP contribution in [0.5, 0.6) is 0 Å². The number of rotatable bonds is 5. The molecular weight excluding hydrogens is 314 g/mol. The molecule has 2 aliphatic carbocycles. The third-order valence-corrected chi connectivity index (χ3v) is 6.91. The van der Waals surface area contributed by atoms with E-state index in [0.717, 1.165) is 44.5 Å². The number of nitrogens with zero attached hydrogens (tertiary/aromatic N) is 1. The van der Waals surface area contributed by atoms with Gasteiger partial charge in [-0.2, -0.15) is 0 Å². The molecule has 4 rings (SSSR count). The number of hydrogen-bond donors (Lipinski definition) is 2. The van der Waals surface area contributed by atoms with Gasteiger partial charge in [-0.05, 0) is 43.4 Å². The fraction of sp³-hybridized carbons (Fsp3) is 0.700. The van der Waals surface area contributed by atoms with Crippen LogP contribution in [0.1, 0.15) is 44.7 Å². The van der Waals surface area contributed by atoms with Gasteiger partial charge >= 0.3 is 5.97 Å². The van der Waals surface area contributed by atoms with E-state index in [1.54, 1.807) is 6.33 Å². The number of ether oxygens (including phenoxy) is 1. The number of nitrogens with two attached hydrogens (primary N) is 1. The van der Waals surface area contributed by atoms with Crippen molar-refractivity contribution >= 4 is 5.97 Å². The van der Waals surface area contributed by atoms with Gasteiger partial charge in [0.2, 0.25) is 0 Å². The van der Waals surface area contributed by atoms with Crippen LogP contribution in [0.25, 0.3) is 0 Å². The molecule has 5 nitrogen and oxygen atoms in total. The Morgan fingerprint density at radius 1 is 1.52 bits per heavy atom. The van der Waals surface area contributed by atoms with Crippen molar-refractivity contribution in [3.05, 3.63) is 30.4 Å². The summed E-state index contributed by atoms with van der Waals surface area (Å²) in [6.45, 7) is 8.55. The summed E-state index contributed by atoms with van der Waals surface area (Å²) in [5.74, 6) is 1.03. The summed E-state index contributed by atoms with van der Waals surface area (Å²) in [5.41, 5.74) is 2.85. The summed E-state index contributed by atoms with van der Waals surface area (Å²) in [6, 6.07) is 0. The quantitative estimate of drug-likeness (QED) is 0.486. The number of hydrogen-bond acceptors (Lipinski definition) is 3. The normalized spacial score (nSPS) is 37.5. The molecule has 0 bridgehead atoms. The fourth-order valence-electron chi connectivity index (χ4n) is 5.50. The molecular formula is C20H30N3O2+. The third kappa shape index (κ3) is 3.14. The zero-order chi connectivity index (χ0) is 17.4. The number of esters is 1. The number of carbonyl (C=O) groups excluding carboxylic acids is 1. The molecule has 136 valence electrons. The Labute approximate surface area is 149 Å². The van der Waals surface area contributed by atoms with E-state index in [-0.39, 0.29) is 23.4 Å². The van der Waals surface area contributed by atoms with Gasteiger partial charge in [-0.25, -0.2) is 4.98 Å². The summed E-state index contributed by atoms with van der Waals surface area (Å²) in [7, 11) is 0. The average molecular weight is 344 g/mol. The molecule has 0 amide bonds. The van der Waals surface area contributed by atoms with Crippen LogP contribution in [-0.2, 0) is 16.0 Å². The van der Waals surface area contributed by atoms with Crippen LogP contribution < -0.4 is 5.32 Å². The van der Waals surface area contributed by atoms with Crippen molar-refractivity contribution in [2.24, 2.45) is 23.2 Å². The van der Waals surface area contributed by atoms with Crippen molar-refractivity contribution in [2.75, 3.05) is 13.1 Å². The number of carbonyl (C=O) groups is 1. The summed E-state index contributed by atoms with van der Waals surface area (Å²) in [6.07, 6.45) is 10.4. The van der Waals surface area contributed by atoms with Crippen LogP contribution in [0.4, 0.5) is 0 Å². The van der Waals surface area contributed by atoms with Gasteiger partial charge in [0, 0.05) is 24.2 Å². The Morgan fingerprint density at radius 3 is 3.20 bits per heavy atom. The number of aromatic amines is 1. The molecule has 3 fully saturated rings. The Balaban J connectivity index is 1.37. The molecule has 0 radical (unpaired) electrons. The highest BCUT2D eigenvalue weighted by molar-refractivity contribution is 5.75. The maximum absolute atomic E-state index is 12.5. The van der Waals surface area contributed by atoms with E-state index in [1.165, 1.54) is 18.4 Å². The minimum absolute atomic E-state index is 0.0284. The van der Waals surface area contributed by atoms with E-state index in [9.17, 15) is 4.79 Å². The largest absolute Gasteiger partial charge is 0.462 e. The predicted octanol–water partition coefficient (Wildman–Crippen LogP) is 1.83. The predicted molar refractivity (Wildman–Crippen MR) is 94.6 cm³/mol. The number of quaternary nitrogens is 1. The maximum Gasteiger partial charge on any atom is 0.315 e. The molecule has 5 heteroatoms. The highest BCUT2D eigenvalue weighted by Gasteiger charge is 2.55. The minimum atomic E-state index is 0.0284. The van der Waals surface area contributed by atoms with Gasteiger partial charge in [0.1, 0.15) is 12.0 Å². The first kappa shape index (κ1) is 16.8. The van der Waals surface area contributed by atoms with Crippen LogP contribution in [0, 0.1) is 23.2 Å². The summed E-state index contributed by atoms with van der Waals surface area (Å²) >= 11 is 0. The molecule has 3 N–H and O–H groups in total. The standard InChI is InChI=1S/C20H29N3O2/c1-13-4-3-6-20(2)9-18-15(8-17(13)20)16(19(24)25-18)11-21-7-5-14-10-22-12-23-14/h10,12,15-18,21H,1,3-9,11H2,2H3,(H,22,23)/p+1/t15-,16+,17-,18-,20-/m1/s1. The van der Waals surface area contributed by atoms with Crippen LogP contribution in [-0.4, -0.2) is 35.1 Å². The van der Waals surface area contributed by atoms with Crippen molar-refractivity contribution in [1.29, 1.82) is 0 Å². The lowest BCUT2D eigenvalue weighted by atomic mass is 9.55. The lowest BCUT2D eigenvalue weighted by Crippen LogP contribution is -2.86. The van der Waals surface area contributed by atoms with Crippen molar-refractivity contribution in [3.63, 3.8) is 0 Å². The van der Waals surface area contributed by atoms with Gasteiger partial charge in [0.25, 0.3) is 0 Å². The molecule has 2 saturated carbocycles. The SMILES string of the molecule is C=C1CCC[C@]2(C)C[C@H]3OC(=O)[C@@H](C[NH2+]CCc4cnc[nH]4)[C@H]3C[C@H]12. The lowest BCUT2D eigenvalue weighted by molar-refractivity contribution is -0.658. The lowest BCUT2D eigenvalue weighted by Gasteiger charge is -2.49. The Hall–Kier alpha value is -1.62. The number of imidazole rings is 1. The average Bonchev–Trinajstić information content (AvgIpc) is 3.17. The van der Waals surface area contributed by atoms with Gasteiger partial charge in [-0.1, -0.05) is 19.1 Å². The summed E-state index contributed by atoms with van der Waals surface area (Å²) < 4.78 is 5.83. The van der Waals surface area contributed by atoms with Gasteiger partial charge < -0.3 is 15.0 Å². The number of fused-ring (bicyclic) bond motifs is 2. The first-order valence-corrected chi connectivity index (χ1v) is 9.74. The zero-order valence-electron chi connectivity index (χ0n) is 15.2. The van der Waals surface area contributed by atoms with E-state index in [2.05, 4.69) is 28.8 Å². The number of allylic oxidation sites excluding steroid dienone is 1. The molecule has 1 aromatic heterocycles. The Morgan fingerprint density at radius 2 is 2.40 bits per heavy atom. The number of aromatic nitrogens is 2. The topological polar surface area (TPSA) is 71.6 Å². The first-order valence-electron chi connectivity index (χ1n) is 9.74. The molecule has 3 aliphatic rings. The van der Waals surface area contributed by atoms with Crippen molar-refractivity contribution < 1.29 is 14.8 Å². The van der Waals surface area contributed by atoms with E-state index >= 15 is 0 Å². The highest BCUT2D eigenvalue weighted by atomic mass is 16.6. The van der Waals surface area contributed by atoms with E-state index in [1.807, 2.05) is 6.20 Å². The van der Waals surface area contributed by atoms with E-state index in [4.69, 9.17) is 4.74 Å². The fourth-order valence-corrected chi connectivity index (χ4v) is 5.50. The molecule has 1 aliphatic heterocycles. The van der Waals surface area contributed by atoms with E-state index in [0.29, 0.717) is 11.8 Å². The first-order chi connectivity index (χ1) is 12.1. The van der Waals surface area contributed by atoms with Crippen LogP contribution in [0.3, 0.4) is 0 Å². The molecule has 1 aromatic rings. The molecule has 0 aromatic carbocycles. The van der Waals surface area contributed by atoms with Gasteiger partial charge in [0.05, 0.1) is 19.4 Å². The van der Waals surface area contributed by atoms with E-state index < -0.39 is 0 Å². The second-order valence-corrected chi connectivity index (χ2v) is 8.54. The summed E-state index contributed by atoms with van der Waals surface area (Å²) in [4.78, 5) is 19.6. The molecule has 5 atom stereocenters. The number of nitrogens with one attached hydrogen (secondary N) is 1. The molecule has 0 unspecified atom stereocenters. The maximum atomic E-state index is 12.5. The van der Waals surface area contributed by atoms with Gasteiger partial charge in [0.15, 0.2) is 0 Å². The van der Waals surface area contributed by atoms with Crippen molar-refractivity contribution in [3.8, 4) is 0 Å². The van der Waals surface area contributed by atoms with Crippen LogP contribution in [0.15, 0.2) is 24.7 Å². The third-order valence-electron chi connectivity index (χ3n) is 6.91. The molecule has 25 heavy (non-hydrogen) atoms. The molecule has 0 spiro atoms. The minimum Gasteiger partial charge on any atom is -0.462 e.